The molecule has 4 bridgehead atoms. The SMILES string of the molecule is CCN(CCCN1CCN2CCCC2C1)CC1OC(C23C[C@@H]4[C@H](C)CC[C@H]4C4(C=O)CC2C=C(C(C)C)[C@@]34C)CC1C1CCCCC1. The number of ether oxygens (including phenoxy) is 1. The molecule has 11 atom stereocenters. The first-order valence-corrected chi connectivity index (χ1v) is 20.8. The van der Waals surface area contributed by atoms with E-state index in [4.69, 9.17) is 4.74 Å². The molecule has 0 aromatic rings. The lowest BCUT2D eigenvalue weighted by Gasteiger charge is -2.61. The maximum Gasteiger partial charge on any atom is 0.127 e. The van der Waals surface area contributed by atoms with Gasteiger partial charge in [-0.1, -0.05) is 84.8 Å². The predicted octanol–water partition coefficient (Wildman–Crippen LogP) is 7.69. The van der Waals surface area contributed by atoms with Gasteiger partial charge in [0.15, 0.2) is 0 Å². The van der Waals surface area contributed by atoms with Crippen molar-refractivity contribution in [3.63, 3.8) is 0 Å². The Morgan fingerprint density at radius 3 is 2.62 bits per heavy atom. The molecule has 0 aromatic carbocycles. The zero-order valence-electron chi connectivity index (χ0n) is 30.9. The molecule has 3 heterocycles. The molecule has 0 aromatic heterocycles. The number of likely N-dealkylation sites (N-methyl/N-ethyl adjacent to an activating group) is 1. The number of piperazine rings is 1. The molecular formula is C42H69N3O2. The molecule has 3 aliphatic heterocycles. The predicted molar refractivity (Wildman–Crippen MR) is 191 cm³/mol. The lowest BCUT2D eigenvalue weighted by Crippen LogP contribution is -2.60. The molecule has 0 amide bonds. The second kappa shape index (κ2) is 12.8. The van der Waals surface area contributed by atoms with Crippen LogP contribution in [0.2, 0.25) is 0 Å². The fourth-order valence-corrected chi connectivity index (χ4v) is 14.7. The molecule has 0 spiro atoms. The second-order valence-electron chi connectivity index (χ2n) is 18.8. The van der Waals surface area contributed by atoms with Crippen LogP contribution in [0.5, 0.6) is 0 Å². The Labute approximate surface area is 288 Å². The fraction of sp³-hybridized carbons (Fsp3) is 0.929. The smallest absolute Gasteiger partial charge is 0.127 e. The number of aldehydes is 1. The summed E-state index contributed by atoms with van der Waals surface area (Å²) in [6.07, 6.45) is 22.2. The summed E-state index contributed by atoms with van der Waals surface area (Å²) in [5.41, 5.74) is 1.46. The van der Waals surface area contributed by atoms with Crippen LogP contribution in [0.3, 0.4) is 0 Å². The summed E-state index contributed by atoms with van der Waals surface area (Å²) in [5, 5.41) is 0. The van der Waals surface area contributed by atoms with E-state index in [1.807, 2.05) is 0 Å². The van der Waals surface area contributed by atoms with Gasteiger partial charge in [-0.15, -0.1) is 0 Å². The standard InChI is InChI=1S/C42H69N3O2/c1-6-43(17-11-18-44-20-21-45-19-10-14-33(45)26-44)27-38-34(31-12-8-7-9-13-31)23-39(47-38)42-25-35-30(4)15-16-36(35)41(28-46)24-32(42)22-37(29(2)3)40(41,42)5/h22,28-36,38-39H,6-21,23-27H2,1-5H3/t30-,32?,33?,34?,35-,36-,38?,39?,40-,41?,42?/m1/s1. The van der Waals surface area contributed by atoms with Crippen molar-refractivity contribution in [3.05, 3.63) is 11.6 Å². The lowest BCUT2D eigenvalue weighted by atomic mass is 9.42. The minimum absolute atomic E-state index is 0.0593. The van der Waals surface area contributed by atoms with E-state index in [0.717, 1.165) is 37.4 Å². The molecule has 264 valence electrons. The van der Waals surface area contributed by atoms with Crippen LogP contribution in [0.1, 0.15) is 118 Å². The number of fused-ring (bicyclic) bond motifs is 3. The normalized spacial score (nSPS) is 46.8. The first-order valence-electron chi connectivity index (χ1n) is 20.8. The van der Waals surface area contributed by atoms with Gasteiger partial charge in [-0.2, -0.15) is 0 Å². The molecule has 0 radical (unpaired) electrons. The molecule has 4 saturated carbocycles. The van der Waals surface area contributed by atoms with E-state index in [1.54, 1.807) is 5.57 Å². The third kappa shape index (κ3) is 4.99. The van der Waals surface area contributed by atoms with Gasteiger partial charge in [-0.3, -0.25) is 4.90 Å². The number of nitrogens with zero attached hydrogens (tertiary/aromatic N) is 3. The van der Waals surface area contributed by atoms with E-state index < -0.39 is 0 Å². The minimum Gasteiger partial charge on any atom is -0.373 e. The Morgan fingerprint density at radius 1 is 1.02 bits per heavy atom. The Hall–Kier alpha value is -0.750. The molecule has 7 unspecified atom stereocenters. The maximum atomic E-state index is 13.7. The summed E-state index contributed by atoms with van der Waals surface area (Å²) in [5.74, 6) is 4.49. The topological polar surface area (TPSA) is 36.0 Å². The van der Waals surface area contributed by atoms with E-state index in [-0.39, 0.29) is 16.2 Å². The van der Waals surface area contributed by atoms with Crippen LogP contribution < -0.4 is 0 Å². The highest BCUT2D eigenvalue weighted by molar-refractivity contribution is 5.69. The number of hydrogen-bond acceptors (Lipinski definition) is 5. The van der Waals surface area contributed by atoms with Crippen LogP contribution in [0.15, 0.2) is 11.6 Å². The van der Waals surface area contributed by atoms with E-state index >= 15 is 0 Å². The van der Waals surface area contributed by atoms with Crippen molar-refractivity contribution in [2.45, 2.75) is 136 Å². The molecular weight excluding hydrogens is 578 g/mol. The summed E-state index contributed by atoms with van der Waals surface area (Å²) in [4.78, 5) is 21.9. The van der Waals surface area contributed by atoms with Crippen LogP contribution >= 0.6 is 0 Å². The van der Waals surface area contributed by atoms with Crippen molar-refractivity contribution in [2.24, 2.45) is 57.7 Å². The summed E-state index contributed by atoms with van der Waals surface area (Å²) in [7, 11) is 0. The summed E-state index contributed by atoms with van der Waals surface area (Å²) < 4.78 is 7.70. The molecule has 5 heteroatoms. The first-order chi connectivity index (χ1) is 22.8. The Balaban J connectivity index is 1.04. The van der Waals surface area contributed by atoms with Gasteiger partial charge in [-0.25, -0.2) is 0 Å². The minimum atomic E-state index is -0.194. The van der Waals surface area contributed by atoms with Gasteiger partial charge < -0.3 is 19.3 Å². The Kier molecular flexibility index (Phi) is 9.08. The molecule has 8 aliphatic rings. The van der Waals surface area contributed by atoms with E-state index in [1.165, 1.54) is 123 Å². The number of rotatable bonds is 11. The van der Waals surface area contributed by atoms with Gasteiger partial charge in [0, 0.05) is 48.5 Å². The number of carbonyl (C=O) groups excluding carboxylic acids is 1. The average molecular weight is 648 g/mol. The number of allylic oxidation sites excluding steroid dienone is 2. The van der Waals surface area contributed by atoms with Crippen molar-refractivity contribution >= 4 is 6.29 Å². The van der Waals surface area contributed by atoms with Gasteiger partial charge in [0.05, 0.1) is 12.2 Å². The van der Waals surface area contributed by atoms with Crippen LogP contribution in [0, 0.1) is 57.7 Å². The Morgan fingerprint density at radius 2 is 1.85 bits per heavy atom. The second-order valence-corrected chi connectivity index (χ2v) is 18.8. The third-order valence-electron chi connectivity index (χ3n) is 16.9. The molecule has 8 rings (SSSR count). The zero-order chi connectivity index (χ0) is 32.6. The summed E-state index contributed by atoms with van der Waals surface area (Å²) in [6, 6.07) is 0.823. The lowest BCUT2D eigenvalue weighted by molar-refractivity contribution is -0.168. The average Bonchev–Trinajstić information content (AvgIpc) is 3.87. The van der Waals surface area contributed by atoms with Crippen LogP contribution in [-0.4, -0.2) is 91.6 Å². The maximum absolute atomic E-state index is 13.7. The molecule has 5 aliphatic carbocycles. The van der Waals surface area contributed by atoms with Gasteiger partial charge in [0.1, 0.15) is 6.29 Å². The van der Waals surface area contributed by atoms with Crippen LogP contribution in [-0.2, 0) is 9.53 Å². The highest BCUT2D eigenvalue weighted by atomic mass is 16.5. The monoisotopic (exact) mass is 648 g/mol. The van der Waals surface area contributed by atoms with Gasteiger partial charge in [0.25, 0.3) is 0 Å². The summed E-state index contributed by atoms with van der Waals surface area (Å²) >= 11 is 0. The van der Waals surface area contributed by atoms with Crippen molar-refractivity contribution in [1.82, 2.24) is 14.7 Å². The highest BCUT2D eigenvalue weighted by Gasteiger charge is 2.81. The number of carbonyl (C=O) groups is 1. The van der Waals surface area contributed by atoms with Gasteiger partial charge in [-0.05, 0) is 113 Å². The third-order valence-corrected chi connectivity index (χ3v) is 16.9. The van der Waals surface area contributed by atoms with E-state index in [0.29, 0.717) is 41.8 Å². The molecule has 7 fully saturated rings. The van der Waals surface area contributed by atoms with Crippen LogP contribution in [0.4, 0.5) is 0 Å². The Bertz CT molecular complexity index is 1180. The zero-order valence-corrected chi connectivity index (χ0v) is 30.9. The largest absolute Gasteiger partial charge is 0.373 e. The molecule has 0 N–H and O–H groups in total. The summed E-state index contributed by atoms with van der Waals surface area (Å²) in [6.45, 7) is 22.1. The van der Waals surface area contributed by atoms with Crippen molar-refractivity contribution < 1.29 is 9.53 Å². The highest BCUT2D eigenvalue weighted by Crippen LogP contribution is 2.84. The van der Waals surface area contributed by atoms with E-state index in [2.05, 4.69) is 55.4 Å². The van der Waals surface area contributed by atoms with Crippen molar-refractivity contribution in [2.75, 3.05) is 52.4 Å². The van der Waals surface area contributed by atoms with Gasteiger partial charge in [0.2, 0.25) is 0 Å². The van der Waals surface area contributed by atoms with E-state index in [9.17, 15) is 4.79 Å². The van der Waals surface area contributed by atoms with Gasteiger partial charge >= 0.3 is 0 Å². The fourth-order valence-electron chi connectivity index (χ4n) is 14.7. The van der Waals surface area contributed by atoms with Crippen molar-refractivity contribution in [1.29, 1.82) is 0 Å². The quantitative estimate of drug-likeness (QED) is 0.170. The van der Waals surface area contributed by atoms with Crippen molar-refractivity contribution in [3.8, 4) is 0 Å². The molecule has 5 nitrogen and oxygen atoms in total. The first kappa shape index (κ1) is 33.4. The molecule has 47 heavy (non-hydrogen) atoms. The van der Waals surface area contributed by atoms with Crippen LogP contribution in [0.25, 0.3) is 0 Å². The number of hydrogen-bond donors (Lipinski definition) is 0. The molecule has 3 saturated heterocycles.